The Morgan fingerprint density at radius 1 is 1.33 bits per heavy atom. The Labute approximate surface area is 74.0 Å². The highest BCUT2D eigenvalue weighted by molar-refractivity contribution is 5.70. The first-order valence-electron chi connectivity index (χ1n) is 4.37. The van der Waals surface area contributed by atoms with Crippen molar-refractivity contribution in [1.82, 2.24) is 0 Å². The van der Waals surface area contributed by atoms with Crippen LogP contribution in [0.5, 0.6) is 0 Å². The Bertz CT molecular complexity index is 132. The van der Waals surface area contributed by atoms with Crippen LogP contribution in [0.25, 0.3) is 0 Å². The van der Waals surface area contributed by atoms with Gasteiger partial charge >= 0.3 is 5.97 Å². The molecule has 0 bridgehead atoms. The molecule has 0 amide bonds. The molecule has 1 atom stereocenters. The summed E-state index contributed by atoms with van der Waals surface area (Å²) in [4.78, 5) is 10.9. The number of carbonyl (C=O) groups excluding carboxylic acids is 1. The SMILES string of the molecule is CCC(C)OCC(=O)OC(C)C. The molecular formula is C9H18O3. The summed E-state index contributed by atoms with van der Waals surface area (Å²) in [5, 5.41) is 0. The zero-order chi connectivity index (χ0) is 9.56. The van der Waals surface area contributed by atoms with Gasteiger partial charge in [0.1, 0.15) is 6.61 Å². The van der Waals surface area contributed by atoms with E-state index in [4.69, 9.17) is 9.47 Å². The molecule has 0 aromatic heterocycles. The van der Waals surface area contributed by atoms with Gasteiger partial charge in [0.2, 0.25) is 0 Å². The van der Waals surface area contributed by atoms with Crippen molar-refractivity contribution in [1.29, 1.82) is 0 Å². The molecule has 0 spiro atoms. The maximum atomic E-state index is 10.9. The lowest BCUT2D eigenvalue weighted by atomic mass is 10.3. The maximum absolute atomic E-state index is 10.9. The second-order valence-electron chi connectivity index (χ2n) is 3.07. The predicted molar refractivity (Wildman–Crippen MR) is 46.9 cm³/mol. The van der Waals surface area contributed by atoms with Crippen LogP contribution in [-0.4, -0.2) is 24.8 Å². The largest absolute Gasteiger partial charge is 0.461 e. The third kappa shape index (κ3) is 6.16. The normalized spacial score (nSPS) is 13.1. The van der Waals surface area contributed by atoms with Crippen LogP contribution >= 0.6 is 0 Å². The first-order chi connectivity index (χ1) is 5.56. The predicted octanol–water partition coefficient (Wildman–Crippen LogP) is 1.75. The van der Waals surface area contributed by atoms with Gasteiger partial charge in [0, 0.05) is 0 Å². The fraction of sp³-hybridized carbons (Fsp3) is 0.889. The maximum Gasteiger partial charge on any atom is 0.332 e. The Kier molecular flexibility index (Phi) is 5.72. The standard InChI is InChI=1S/C9H18O3/c1-5-8(4)11-6-9(10)12-7(2)3/h7-8H,5-6H2,1-4H3. The summed E-state index contributed by atoms with van der Waals surface area (Å²) in [6, 6.07) is 0. The molecule has 0 aliphatic carbocycles. The Morgan fingerprint density at radius 2 is 1.92 bits per heavy atom. The fourth-order valence-electron chi connectivity index (χ4n) is 0.625. The van der Waals surface area contributed by atoms with E-state index in [-0.39, 0.29) is 24.8 Å². The van der Waals surface area contributed by atoms with Gasteiger partial charge in [-0.1, -0.05) is 6.92 Å². The van der Waals surface area contributed by atoms with Gasteiger partial charge in [0.25, 0.3) is 0 Å². The van der Waals surface area contributed by atoms with Crippen molar-refractivity contribution in [2.75, 3.05) is 6.61 Å². The number of rotatable bonds is 5. The van der Waals surface area contributed by atoms with Crippen LogP contribution < -0.4 is 0 Å². The van der Waals surface area contributed by atoms with Crippen LogP contribution in [0.3, 0.4) is 0 Å². The summed E-state index contributed by atoms with van der Waals surface area (Å²) >= 11 is 0. The van der Waals surface area contributed by atoms with Gasteiger partial charge < -0.3 is 9.47 Å². The molecular weight excluding hydrogens is 156 g/mol. The smallest absolute Gasteiger partial charge is 0.332 e. The van der Waals surface area contributed by atoms with E-state index >= 15 is 0 Å². The van der Waals surface area contributed by atoms with E-state index in [2.05, 4.69) is 0 Å². The topological polar surface area (TPSA) is 35.5 Å². The van der Waals surface area contributed by atoms with Crippen molar-refractivity contribution in [2.24, 2.45) is 0 Å². The highest BCUT2D eigenvalue weighted by Gasteiger charge is 2.07. The molecule has 3 heteroatoms. The molecule has 0 aliphatic heterocycles. The highest BCUT2D eigenvalue weighted by atomic mass is 16.6. The summed E-state index contributed by atoms with van der Waals surface area (Å²) < 4.78 is 10.1. The van der Waals surface area contributed by atoms with E-state index in [1.165, 1.54) is 0 Å². The Morgan fingerprint density at radius 3 is 2.33 bits per heavy atom. The van der Waals surface area contributed by atoms with Crippen molar-refractivity contribution in [3.05, 3.63) is 0 Å². The van der Waals surface area contributed by atoms with Crippen LogP contribution in [0.15, 0.2) is 0 Å². The van der Waals surface area contributed by atoms with E-state index < -0.39 is 0 Å². The molecule has 1 unspecified atom stereocenters. The van der Waals surface area contributed by atoms with Crippen molar-refractivity contribution in [3.8, 4) is 0 Å². The van der Waals surface area contributed by atoms with Crippen molar-refractivity contribution < 1.29 is 14.3 Å². The van der Waals surface area contributed by atoms with Gasteiger partial charge in [-0.2, -0.15) is 0 Å². The number of carbonyl (C=O) groups is 1. The summed E-state index contributed by atoms with van der Waals surface area (Å²) in [5.74, 6) is -0.287. The Balaban J connectivity index is 3.44. The molecule has 0 saturated carbocycles. The monoisotopic (exact) mass is 174 g/mol. The Hall–Kier alpha value is -0.570. The fourth-order valence-corrected chi connectivity index (χ4v) is 0.625. The second kappa shape index (κ2) is 6.00. The third-order valence-corrected chi connectivity index (χ3v) is 1.43. The van der Waals surface area contributed by atoms with E-state index in [0.717, 1.165) is 6.42 Å². The average molecular weight is 174 g/mol. The van der Waals surface area contributed by atoms with Gasteiger partial charge in [-0.25, -0.2) is 4.79 Å². The minimum Gasteiger partial charge on any atom is -0.461 e. The van der Waals surface area contributed by atoms with Crippen LogP contribution in [-0.2, 0) is 14.3 Å². The van der Waals surface area contributed by atoms with Gasteiger partial charge in [0.15, 0.2) is 0 Å². The summed E-state index contributed by atoms with van der Waals surface area (Å²) in [6.45, 7) is 7.65. The molecule has 0 aliphatic rings. The summed E-state index contributed by atoms with van der Waals surface area (Å²) in [6.07, 6.45) is 0.984. The molecule has 0 radical (unpaired) electrons. The molecule has 0 saturated heterocycles. The van der Waals surface area contributed by atoms with E-state index in [1.54, 1.807) is 0 Å². The molecule has 3 nitrogen and oxygen atoms in total. The van der Waals surface area contributed by atoms with E-state index in [0.29, 0.717) is 0 Å². The minimum atomic E-state index is -0.287. The van der Waals surface area contributed by atoms with Crippen molar-refractivity contribution >= 4 is 5.97 Å². The van der Waals surface area contributed by atoms with Crippen molar-refractivity contribution in [2.45, 2.75) is 46.3 Å². The summed E-state index contributed by atoms with van der Waals surface area (Å²) in [5.41, 5.74) is 0. The quantitative estimate of drug-likeness (QED) is 0.596. The van der Waals surface area contributed by atoms with Crippen molar-refractivity contribution in [3.63, 3.8) is 0 Å². The lowest BCUT2D eigenvalue weighted by Gasteiger charge is -2.11. The molecule has 0 aromatic rings. The molecule has 0 heterocycles. The number of hydrogen-bond acceptors (Lipinski definition) is 3. The van der Waals surface area contributed by atoms with Crippen LogP contribution in [0.2, 0.25) is 0 Å². The second-order valence-corrected chi connectivity index (χ2v) is 3.07. The molecule has 12 heavy (non-hydrogen) atoms. The first-order valence-corrected chi connectivity index (χ1v) is 4.37. The zero-order valence-corrected chi connectivity index (χ0v) is 8.29. The number of esters is 1. The van der Waals surface area contributed by atoms with Gasteiger partial charge in [-0.05, 0) is 27.2 Å². The number of ether oxygens (including phenoxy) is 2. The first kappa shape index (κ1) is 11.4. The van der Waals surface area contributed by atoms with Crippen LogP contribution in [0.1, 0.15) is 34.1 Å². The lowest BCUT2D eigenvalue weighted by Crippen LogP contribution is -2.20. The van der Waals surface area contributed by atoms with Gasteiger partial charge in [0.05, 0.1) is 12.2 Å². The third-order valence-electron chi connectivity index (χ3n) is 1.43. The van der Waals surface area contributed by atoms with E-state index in [1.807, 2.05) is 27.7 Å². The van der Waals surface area contributed by atoms with Gasteiger partial charge in [-0.3, -0.25) is 0 Å². The molecule has 0 fully saturated rings. The van der Waals surface area contributed by atoms with Crippen LogP contribution in [0, 0.1) is 0 Å². The molecule has 0 N–H and O–H groups in total. The lowest BCUT2D eigenvalue weighted by molar-refractivity contribution is -0.154. The summed E-state index contributed by atoms with van der Waals surface area (Å²) in [7, 11) is 0. The average Bonchev–Trinajstić information content (AvgIpc) is 1.99. The zero-order valence-electron chi connectivity index (χ0n) is 8.29. The number of hydrogen-bond donors (Lipinski definition) is 0. The van der Waals surface area contributed by atoms with E-state index in [9.17, 15) is 4.79 Å². The molecule has 0 rings (SSSR count). The van der Waals surface area contributed by atoms with Gasteiger partial charge in [-0.15, -0.1) is 0 Å². The van der Waals surface area contributed by atoms with Crippen LogP contribution in [0.4, 0.5) is 0 Å². The molecule has 0 aromatic carbocycles. The highest BCUT2D eigenvalue weighted by Crippen LogP contribution is 1.97. The molecule has 72 valence electrons. The minimum absolute atomic E-state index is 0.0574.